The second-order valence-corrected chi connectivity index (χ2v) is 11.6. The van der Waals surface area contributed by atoms with Gasteiger partial charge in [0.15, 0.2) is 11.6 Å². The maximum absolute atomic E-state index is 14.1. The number of hydrogen-bond acceptors (Lipinski definition) is 4. The molecule has 42 heavy (non-hydrogen) atoms. The van der Waals surface area contributed by atoms with Gasteiger partial charge < -0.3 is 9.47 Å². The molecule has 4 nitrogen and oxygen atoms in total. The molecule has 0 aromatic heterocycles. The number of benzene rings is 4. The van der Waals surface area contributed by atoms with Crippen molar-refractivity contribution in [2.75, 3.05) is 14.2 Å². The lowest BCUT2D eigenvalue weighted by Crippen LogP contribution is -2.21. The Hall–Kier alpha value is -4.18. The van der Waals surface area contributed by atoms with E-state index >= 15 is 0 Å². The van der Waals surface area contributed by atoms with E-state index in [-0.39, 0.29) is 36.2 Å². The van der Waals surface area contributed by atoms with Crippen molar-refractivity contribution in [3.63, 3.8) is 0 Å². The van der Waals surface area contributed by atoms with Gasteiger partial charge in [-0.1, -0.05) is 59.7 Å². The lowest BCUT2D eigenvalue weighted by atomic mass is 9.74. The van der Waals surface area contributed by atoms with E-state index in [4.69, 9.17) is 9.47 Å². The Bertz CT molecular complexity index is 1410. The molecule has 4 aromatic carbocycles. The molecule has 0 radical (unpaired) electrons. The zero-order valence-corrected chi connectivity index (χ0v) is 26.1. The van der Waals surface area contributed by atoms with Crippen molar-refractivity contribution < 1.29 is 19.1 Å². The van der Waals surface area contributed by atoms with Gasteiger partial charge in [-0.25, -0.2) is 0 Å². The number of methoxy groups -OCH3 is 2. The minimum Gasteiger partial charge on any atom is -0.497 e. The summed E-state index contributed by atoms with van der Waals surface area (Å²) in [6.45, 7) is 12.1. The minimum atomic E-state index is -0.244. The topological polar surface area (TPSA) is 52.6 Å². The summed E-state index contributed by atoms with van der Waals surface area (Å²) in [4.78, 5) is 28.2. The molecule has 0 aliphatic rings. The third-order valence-corrected chi connectivity index (χ3v) is 8.30. The van der Waals surface area contributed by atoms with E-state index < -0.39 is 0 Å². The molecule has 0 aliphatic carbocycles. The summed E-state index contributed by atoms with van der Waals surface area (Å²) in [5.74, 6) is 1.17. The third-order valence-electron chi connectivity index (χ3n) is 8.30. The molecule has 218 valence electrons. The molecule has 0 amide bonds. The molecule has 0 saturated carbocycles. The number of Topliss-reactive ketones (excluding diaryl/α,β-unsaturated/α-hetero) is 2. The van der Waals surface area contributed by atoms with Crippen LogP contribution < -0.4 is 9.47 Å². The van der Waals surface area contributed by atoms with Crippen LogP contribution in [0.15, 0.2) is 72.8 Å². The molecule has 4 aromatic rings. The Balaban J connectivity index is 1.84. The molecule has 4 rings (SSSR count). The zero-order valence-electron chi connectivity index (χ0n) is 26.1. The molecule has 0 heterocycles. The van der Waals surface area contributed by atoms with E-state index in [0.717, 1.165) is 67.1 Å². The van der Waals surface area contributed by atoms with Crippen molar-refractivity contribution in [3.8, 4) is 11.5 Å². The average Bonchev–Trinajstić information content (AvgIpc) is 2.94. The molecule has 0 spiro atoms. The van der Waals surface area contributed by atoms with Crippen LogP contribution in [0.3, 0.4) is 0 Å². The second-order valence-electron chi connectivity index (χ2n) is 11.6. The molecule has 2 unspecified atom stereocenters. The van der Waals surface area contributed by atoms with Crippen LogP contribution in [-0.4, -0.2) is 25.8 Å². The summed E-state index contributed by atoms with van der Waals surface area (Å²) in [7, 11) is 3.29. The summed E-state index contributed by atoms with van der Waals surface area (Å²) in [6.07, 6.45) is 0.541. The van der Waals surface area contributed by atoms with Gasteiger partial charge in [0, 0.05) is 24.0 Å². The molecule has 0 saturated heterocycles. The number of ether oxygens (including phenoxy) is 2. The van der Waals surface area contributed by atoms with Crippen LogP contribution in [0.4, 0.5) is 0 Å². The first-order valence-electron chi connectivity index (χ1n) is 14.5. The summed E-state index contributed by atoms with van der Waals surface area (Å²) >= 11 is 0. The molecular weight excluding hydrogens is 520 g/mol. The highest BCUT2D eigenvalue weighted by Crippen LogP contribution is 2.41. The van der Waals surface area contributed by atoms with Crippen LogP contribution in [0.25, 0.3) is 0 Å². The maximum Gasteiger partial charge on any atom is 0.164 e. The monoisotopic (exact) mass is 562 g/mol. The van der Waals surface area contributed by atoms with Gasteiger partial charge in [0.25, 0.3) is 0 Å². The largest absolute Gasteiger partial charge is 0.497 e. The van der Waals surface area contributed by atoms with Crippen molar-refractivity contribution >= 4 is 11.6 Å². The van der Waals surface area contributed by atoms with Crippen LogP contribution in [0.1, 0.15) is 89.9 Å². The van der Waals surface area contributed by atoms with Crippen molar-refractivity contribution in [2.24, 2.45) is 0 Å². The normalized spacial score (nSPS) is 12.5. The van der Waals surface area contributed by atoms with Crippen molar-refractivity contribution in [3.05, 3.63) is 128 Å². The van der Waals surface area contributed by atoms with Gasteiger partial charge in [-0.05, 0) is 111 Å². The Morgan fingerprint density at radius 1 is 0.524 bits per heavy atom. The Morgan fingerprint density at radius 2 is 0.810 bits per heavy atom. The molecule has 0 bridgehead atoms. The fourth-order valence-corrected chi connectivity index (χ4v) is 6.53. The third kappa shape index (κ3) is 6.82. The summed E-state index contributed by atoms with van der Waals surface area (Å²) in [5, 5.41) is 0. The van der Waals surface area contributed by atoms with E-state index in [1.54, 1.807) is 14.2 Å². The van der Waals surface area contributed by atoms with Crippen LogP contribution in [0.2, 0.25) is 0 Å². The predicted molar refractivity (Wildman–Crippen MR) is 171 cm³/mol. The quantitative estimate of drug-likeness (QED) is 0.171. The highest BCUT2D eigenvalue weighted by atomic mass is 16.5. The van der Waals surface area contributed by atoms with Gasteiger partial charge in [0.2, 0.25) is 0 Å². The minimum absolute atomic E-state index is 0.0828. The number of ketones is 2. The highest BCUT2D eigenvalue weighted by molar-refractivity contribution is 6.01. The van der Waals surface area contributed by atoms with Gasteiger partial charge >= 0.3 is 0 Å². The lowest BCUT2D eigenvalue weighted by Gasteiger charge is -2.29. The first kappa shape index (κ1) is 30.8. The molecule has 2 atom stereocenters. The number of hydrogen-bond donors (Lipinski definition) is 0. The summed E-state index contributed by atoms with van der Waals surface area (Å²) < 4.78 is 10.9. The SMILES string of the molecule is COc1ccc(C(CC(=O)c2c(C)cc(C)cc2C)C(CC(=O)c2c(C)cc(C)cc2C)c2ccc(OC)cc2)cc1. The van der Waals surface area contributed by atoms with Crippen molar-refractivity contribution in [1.82, 2.24) is 0 Å². The fraction of sp³-hybridized carbons (Fsp3) is 0.316. The standard InChI is InChI=1S/C38H42O4/c1-23-17-25(3)37(26(4)18-23)35(39)21-33(29-9-13-31(41-7)14-10-29)34(30-11-15-32(42-8)16-12-30)22-36(40)38-27(5)19-24(2)20-28(38)6/h9-20,33-34H,21-22H2,1-8H3. The van der Waals surface area contributed by atoms with Crippen molar-refractivity contribution in [1.29, 1.82) is 0 Å². The number of rotatable bonds is 11. The van der Waals surface area contributed by atoms with Crippen LogP contribution in [0, 0.1) is 41.5 Å². The van der Waals surface area contributed by atoms with E-state index in [1.807, 2.05) is 76.2 Å². The average molecular weight is 563 g/mol. The van der Waals surface area contributed by atoms with Crippen LogP contribution >= 0.6 is 0 Å². The Morgan fingerprint density at radius 3 is 1.07 bits per heavy atom. The number of carbonyl (C=O) groups excluding carboxylic acids is 2. The fourth-order valence-electron chi connectivity index (χ4n) is 6.53. The molecule has 4 heteroatoms. The van der Waals surface area contributed by atoms with Gasteiger partial charge in [-0.15, -0.1) is 0 Å². The van der Waals surface area contributed by atoms with Crippen molar-refractivity contribution in [2.45, 2.75) is 66.2 Å². The Kier molecular flexibility index (Phi) is 9.67. The number of aryl methyl sites for hydroxylation is 6. The molecular formula is C38H42O4. The molecule has 0 fully saturated rings. The zero-order chi connectivity index (χ0) is 30.6. The molecule has 0 aliphatic heterocycles. The lowest BCUT2D eigenvalue weighted by molar-refractivity contribution is 0.0935. The van der Waals surface area contributed by atoms with Gasteiger partial charge in [0.1, 0.15) is 11.5 Å². The Labute approximate surface area is 250 Å². The first-order valence-corrected chi connectivity index (χ1v) is 14.5. The van der Waals surface area contributed by atoms with Gasteiger partial charge in [-0.3, -0.25) is 9.59 Å². The maximum atomic E-state index is 14.1. The van der Waals surface area contributed by atoms with Crippen LogP contribution in [-0.2, 0) is 0 Å². The van der Waals surface area contributed by atoms with E-state index in [2.05, 4.69) is 38.1 Å². The van der Waals surface area contributed by atoms with Gasteiger partial charge in [-0.2, -0.15) is 0 Å². The summed E-state index contributed by atoms with van der Waals surface area (Å²) in [6, 6.07) is 24.1. The molecule has 0 N–H and O–H groups in total. The highest BCUT2D eigenvalue weighted by Gasteiger charge is 2.31. The smallest absolute Gasteiger partial charge is 0.164 e. The predicted octanol–water partition coefficient (Wildman–Crippen LogP) is 8.97. The van der Waals surface area contributed by atoms with E-state index in [1.165, 1.54) is 0 Å². The number of carbonyl (C=O) groups is 2. The van der Waals surface area contributed by atoms with Gasteiger partial charge in [0.05, 0.1) is 14.2 Å². The first-order chi connectivity index (χ1) is 20.0. The summed E-state index contributed by atoms with van der Waals surface area (Å²) in [5.41, 5.74) is 9.73. The second kappa shape index (κ2) is 13.2. The van der Waals surface area contributed by atoms with Crippen LogP contribution in [0.5, 0.6) is 11.5 Å². The van der Waals surface area contributed by atoms with E-state index in [9.17, 15) is 9.59 Å². The van der Waals surface area contributed by atoms with E-state index in [0.29, 0.717) is 0 Å².